The van der Waals surface area contributed by atoms with Gasteiger partial charge in [-0.1, -0.05) is 29.8 Å². The second-order valence-electron chi connectivity index (χ2n) is 7.84. The van der Waals surface area contributed by atoms with Crippen molar-refractivity contribution in [3.05, 3.63) is 53.1 Å². The summed E-state index contributed by atoms with van der Waals surface area (Å²) in [6.45, 7) is 3.22. The Morgan fingerprint density at radius 1 is 1.16 bits per heavy atom. The fraction of sp³-hybridized carbons (Fsp3) is 0.364. The lowest BCUT2D eigenvalue weighted by Crippen LogP contribution is -2.40. The smallest absolute Gasteiger partial charge is 0.243 e. The number of sulfonamides is 1. The van der Waals surface area contributed by atoms with E-state index in [0.717, 1.165) is 0 Å². The van der Waals surface area contributed by atoms with Crippen LogP contribution in [0, 0.1) is 12.8 Å². The Morgan fingerprint density at radius 3 is 2.59 bits per heavy atom. The van der Waals surface area contributed by atoms with Crippen LogP contribution >= 0.6 is 11.6 Å². The Balaban J connectivity index is 1.50. The molecule has 0 aromatic heterocycles. The molecule has 2 saturated heterocycles. The SMILES string of the molecule is Cc1ccc(NC(=O)C2CC(=O)N(c3ccccc3Cl)C2)cc1S(=O)(=O)N1CCOCC1. The van der Waals surface area contributed by atoms with E-state index in [-0.39, 0.29) is 29.7 Å². The zero-order valence-corrected chi connectivity index (χ0v) is 19.2. The lowest BCUT2D eigenvalue weighted by molar-refractivity contribution is -0.122. The van der Waals surface area contributed by atoms with Gasteiger partial charge in [-0.3, -0.25) is 9.59 Å². The van der Waals surface area contributed by atoms with Gasteiger partial charge >= 0.3 is 0 Å². The second-order valence-corrected chi connectivity index (χ2v) is 10.2. The Bertz CT molecular complexity index is 1150. The van der Waals surface area contributed by atoms with Gasteiger partial charge in [0.2, 0.25) is 21.8 Å². The number of carbonyl (C=O) groups is 2. The van der Waals surface area contributed by atoms with Crippen molar-refractivity contribution in [2.45, 2.75) is 18.2 Å². The molecule has 10 heteroatoms. The van der Waals surface area contributed by atoms with Gasteiger partial charge in [-0.25, -0.2) is 8.42 Å². The third-order valence-electron chi connectivity index (χ3n) is 5.68. The summed E-state index contributed by atoms with van der Waals surface area (Å²) in [5, 5.41) is 3.22. The number of carbonyl (C=O) groups excluding carboxylic acids is 2. The van der Waals surface area contributed by atoms with Crippen molar-refractivity contribution in [2.24, 2.45) is 5.92 Å². The predicted molar refractivity (Wildman–Crippen MR) is 121 cm³/mol. The number of hydrogen-bond donors (Lipinski definition) is 1. The average Bonchev–Trinajstić information content (AvgIpc) is 3.17. The highest BCUT2D eigenvalue weighted by Gasteiger charge is 2.36. The summed E-state index contributed by atoms with van der Waals surface area (Å²) in [7, 11) is -3.70. The number of para-hydroxylation sites is 1. The van der Waals surface area contributed by atoms with Gasteiger partial charge in [0.05, 0.1) is 34.7 Å². The van der Waals surface area contributed by atoms with Crippen molar-refractivity contribution in [3.63, 3.8) is 0 Å². The van der Waals surface area contributed by atoms with E-state index < -0.39 is 15.9 Å². The Morgan fingerprint density at radius 2 is 1.88 bits per heavy atom. The van der Waals surface area contributed by atoms with E-state index >= 15 is 0 Å². The van der Waals surface area contributed by atoms with Crippen molar-refractivity contribution in [2.75, 3.05) is 43.1 Å². The topological polar surface area (TPSA) is 96.0 Å². The second kappa shape index (κ2) is 9.19. The molecular formula is C22H24ClN3O5S. The fourth-order valence-electron chi connectivity index (χ4n) is 3.91. The predicted octanol–water partition coefficient (Wildman–Crippen LogP) is 2.66. The normalized spacial score (nSPS) is 19.9. The van der Waals surface area contributed by atoms with Crippen LogP contribution in [0.3, 0.4) is 0 Å². The molecule has 4 rings (SSSR count). The largest absolute Gasteiger partial charge is 0.379 e. The highest BCUT2D eigenvalue weighted by molar-refractivity contribution is 7.89. The summed E-state index contributed by atoms with van der Waals surface area (Å²) in [5.41, 5.74) is 1.54. The number of amides is 2. The summed E-state index contributed by atoms with van der Waals surface area (Å²) in [6.07, 6.45) is 0.0574. The number of halogens is 1. The van der Waals surface area contributed by atoms with E-state index in [9.17, 15) is 18.0 Å². The molecule has 1 N–H and O–H groups in total. The highest BCUT2D eigenvalue weighted by Crippen LogP contribution is 2.32. The molecule has 2 aliphatic heterocycles. The Hall–Kier alpha value is -2.46. The van der Waals surface area contributed by atoms with Crippen molar-refractivity contribution in [1.82, 2.24) is 4.31 Å². The minimum absolute atomic E-state index is 0.0574. The molecular weight excluding hydrogens is 454 g/mol. The van der Waals surface area contributed by atoms with E-state index in [1.54, 1.807) is 43.3 Å². The Labute approximate surface area is 192 Å². The molecule has 2 amide bonds. The van der Waals surface area contributed by atoms with Crippen LogP contribution in [-0.2, 0) is 24.3 Å². The minimum atomic E-state index is -3.70. The number of benzene rings is 2. The molecule has 0 bridgehead atoms. The third-order valence-corrected chi connectivity index (χ3v) is 8.04. The molecule has 1 unspecified atom stereocenters. The molecule has 170 valence electrons. The van der Waals surface area contributed by atoms with E-state index in [4.69, 9.17) is 16.3 Å². The molecule has 2 aromatic rings. The van der Waals surface area contributed by atoms with E-state index in [2.05, 4.69) is 5.32 Å². The molecule has 0 aliphatic carbocycles. The van der Waals surface area contributed by atoms with Crippen LogP contribution < -0.4 is 10.2 Å². The van der Waals surface area contributed by atoms with Crippen LogP contribution in [0.5, 0.6) is 0 Å². The molecule has 2 fully saturated rings. The van der Waals surface area contributed by atoms with E-state index in [0.29, 0.717) is 48.3 Å². The summed E-state index contributed by atoms with van der Waals surface area (Å²) in [5.74, 6) is -1.09. The summed E-state index contributed by atoms with van der Waals surface area (Å²) >= 11 is 6.20. The molecule has 8 nitrogen and oxygen atoms in total. The molecule has 2 aliphatic rings. The number of nitrogens with zero attached hydrogens (tertiary/aromatic N) is 2. The molecule has 2 heterocycles. The Kier molecular flexibility index (Phi) is 6.52. The third kappa shape index (κ3) is 4.52. The van der Waals surface area contributed by atoms with Crippen molar-refractivity contribution in [1.29, 1.82) is 0 Å². The monoisotopic (exact) mass is 477 g/mol. The van der Waals surface area contributed by atoms with Gasteiger partial charge in [0.1, 0.15) is 0 Å². The standard InChI is InChI=1S/C22H24ClN3O5S/c1-15-6-7-17(13-20(15)32(29,30)25-8-10-31-11-9-25)24-22(28)16-12-21(27)26(14-16)19-5-3-2-4-18(19)23/h2-7,13,16H,8-12,14H2,1H3,(H,24,28). The molecule has 32 heavy (non-hydrogen) atoms. The van der Waals surface area contributed by atoms with Gasteiger partial charge in [0, 0.05) is 31.7 Å². The maximum absolute atomic E-state index is 13.1. The summed E-state index contributed by atoms with van der Waals surface area (Å²) in [4.78, 5) is 27.0. The maximum Gasteiger partial charge on any atom is 0.243 e. The zero-order valence-electron chi connectivity index (χ0n) is 17.6. The van der Waals surface area contributed by atoms with Crippen LogP contribution in [0.15, 0.2) is 47.4 Å². The van der Waals surface area contributed by atoms with Crippen LogP contribution in [0.1, 0.15) is 12.0 Å². The molecule has 0 spiro atoms. The van der Waals surface area contributed by atoms with Gasteiger partial charge in [-0.05, 0) is 36.8 Å². The van der Waals surface area contributed by atoms with Crippen molar-refractivity contribution < 1.29 is 22.7 Å². The summed E-state index contributed by atoms with van der Waals surface area (Å²) in [6, 6.07) is 11.8. The number of morpholine rings is 1. The first-order chi connectivity index (χ1) is 15.3. The first-order valence-electron chi connectivity index (χ1n) is 10.3. The van der Waals surface area contributed by atoms with Crippen molar-refractivity contribution in [3.8, 4) is 0 Å². The highest BCUT2D eigenvalue weighted by atomic mass is 35.5. The number of ether oxygens (including phenoxy) is 1. The minimum Gasteiger partial charge on any atom is -0.379 e. The van der Waals surface area contributed by atoms with Crippen LogP contribution in [-0.4, -0.2) is 57.4 Å². The zero-order chi connectivity index (χ0) is 22.9. The number of anilines is 2. The molecule has 2 aromatic carbocycles. The van der Waals surface area contributed by atoms with Gasteiger partial charge < -0.3 is 15.0 Å². The van der Waals surface area contributed by atoms with Crippen LogP contribution in [0.4, 0.5) is 11.4 Å². The lowest BCUT2D eigenvalue weighted by atomic mass is 10.1. The maximum atomic E-state index is 13.1. The quantitative estimate of drug-likeness (QED) is 0.714. The van der Waals surface area contributed by atoms with Gasteiger partial charge in [-0.2, -0.15) is 4.31 Å². The van der Waals surface area contributed by atoms with E-state index in [1.165, 1.54) is 15.3 Å². The molecule has 0 saturated carbocycles. The van der Waals surface area contributed by atoms with Gasteiger partial charge in [0.25, 0.3) is 0 Å². The molecule has 1 atom stereocenters. The first kappa shape index (κ1) is 22.7. The average molecular weight is 478 g/mol. The first-order valence-corrected chi connectivity index (χ1v) is 12.1. The number of aryl methyl sites for hydroxylation is 1. The fourth-order valence-corrected chi connectivity index (χ4v) is 5.81. The van der Waals surface area contributed by atoms with Crippen molar-refractivity contribution >= 4 is 44.8 Å². The van der Waals surface area contributed by atoms with Gasteiger partial charge in [-0.15, -0.1) is 0 Å². The van der Waals surface area contributed by atoms with E-state index in [1.807, 2.05) is 0 Å². The summed E-state index contributed by atoms with van der Waals surface area (Å²) < 4.78 is 32.8. The number of hydrogen-bond acceptors (Lipinski definition) is 5. The number of rotatable bonds is 5. The molecule has 0 radical (unpaired) electrons. The van der Waals surface area contributed by atoms with Crippen LogP contribution in [0.2, 0.25) is 5.02 Å². The van der Waals surface area contributed by atoms with Gasteiger partial charge in [0.15, 0.2) is 0 Å². The lowest BCUT2D eigenvalue weighted by Gasteiger charge is -2.27. The number of nitrogens with one attached hydrogen (secondary N) is 1. The van der Waals surface area contributed by atoms with Crippen LogP contribution in [0.25, 0.3) is 0 Å².